The molecule has 0 radical (unpaired) electrons. The molecule has 0 atom stereocenters. The van der Waals surface area contributed by atoms with Crippen molar-refractivity contribution in [1.82, 2.24) is 0 Å². The zero-order valence-corrected chi connectivity index (χ0v) is 11.7. The Balaban J connectivity index is 2.43. The Morgan fingerprint density at radius 2 is 1.80 bits per heavy atom. The third-order valence-corrected chi connectivity index (χ3v) is 4.68. The lowest BCUT2D eigenvalue weighted by Gasteiger charge is -2.08. The van der Waals surface area contributed by atoms with E-state index in [1.165, 1.54) is 18.2 Å². The van der Waals surface area contributed by atoms with Crippen molar-refractivity contribution < 1.29 is 17.2 Å². The Morgan fingerprint density at radius 1 is 1.10 bits per heavy atom. The van der Waals surface area contributed by atoms with Crippen LogP contribution in [0.25, 0.3) is 0 Å². The molecule has 0 aliphatic heterocycles. The molecular formula is C13H10ClF2NO2S. The van der Waals surface area contributed by atoms with E-state index in [1.54, 1.807) is 0 Å². The number of halogens is 3. The summed E-state index contributed by atoms with van der Waals surface area (Å²) < 4.78 is 50.8. The van der Waals surface area contributed by atoms with Crippen LogP contribution in [0.15, 0.2) is 41.3 Å². The van der Waals surface area contributed by atoms with E-state index in [-0.39, 0.29) is 10.6 Å². The van der Waals surface area contributed by atoms with Gasteiger partial charge in [-0.15, -0.1) is 0 Å². The van der Waals surface area contributed by atoms with E-state index in [0.717, 1.165) is 12.1 Å². The quantitative estimate of drug-likeness (QED) is 0.884. The fraction of sp³-hybridized carbons (Fsp3) is 0.0769. The van der Waals surface area contributed by atoms with Crippen molar-refractivity contribution in [2.45, 2.75) is 10.6 Å². The van der Waals surface area contributed by atoms with Gasteiger partial charge in [0.15, 0.2) is 9.84 Å². The lowest BCUT2D eigenvalue weighted by molar-refractivity contribution is 0.553. The molecule has 0 saturated carbocycles. The van der Waals surface area contributed by atoms with Crippen molar-refractivity contribution in [3.8, 4) is 0 Å². The summed E-state index contributed by atoms with van der Waals surface area (Å²) in [5.41, 5.74) is 6.15. The van der Waals surface area contributed by atoms with E-state index in [4.69, 9.17) is 17.3 Å². The number of sulfone groups is 1. The highest BCUT2D eigenvalue weighted by molar-refractivity contribution is 7.90. The summed E-state index contributed by atoms with van der Waals surface area (Å²) in [4.78, 5) is -0.689. The second kappa shape index (κ2) is 5.38. The molecule has 2 aromatic carbocycles. The zero-order valence-electron chi connectivity index (χ0n) is 10.1. The van der Waals surface area contributed by atoms with Crippen LogP contribution >= 0.6 is 11.6 Å². The fourth-order valence-corrected chi connectivity index (χ4v) is 3.49. The maximum Gasteiger partial charge on any atom is 0.185 e. The predicted molar refractivity (Wildman–Crippen MR) is 73.1 cm³/mol. The van der Waals surface area contributed by atoms with Gasteiger partial charge in [0.2, 0.25) is 0 Å². The van der Waals surface area contributed by atoms with Gasteiger partial charge >= 0.3 is 0 Å². The van der Waals surface area contributed by atoms with E-state index >= 15 is 0 Å². The summed E-state index contributed by atoms with van der Waals surface area (Å²) in [5, 5.41) is 0.158. The van der Waals surface area contributed by atoms with Crippen molar-refractivity contribution in [2.75, 3.05) is 5.73 Å². The van der Waals surface area contributed by atoms with Crippen LogP contribution < -0.4 is 5.73 Å². The topological polar surface area (TPSA) is 60.2 Å². The summed E-state index contributed by atoms with van der Waals surface area (Å²) >= 11 is 5.88. The van der Waals surface area contributed by atoms with Crippen molar-refractivity contribution in [2.24, 2.45) is 0 Å². The molecule has 0 bridgehead atoms. The average molecular weight is 318 g/mol. The molecule has 106 valence electrons. The smallest absolute Gasteiger partial charge is 0.185 e. The van der Waals surface area contributed by atoms with Crippen LogP contribution in [0.5, 0.6) is 0 Å². The Labute approximate surface area is 119 Å². The average Bonchev–Trinajstić information content (AvgIpc) is 2.35. The van der Waals surface area contributed by atoms with Crippen molar-refractivity contribution >= 4 is 27.1 Å². The Bertz CT molecular complexity index is 763. The summed E-state index contributed by atoms with van der Waals surface area (Å²) in [6.07, 6.45) is 0. The molecule has 0 amide bonds. The molecule has 0 aliphatic carbocycles. The van der Waals surface area contributed by atoms with Crippen molar-refractivity contribution in [3.63, 3.8) is 0 Å². The summed E-state index contributed by atoms with van der Waals surface area (Å²) in [6.45, 7) is 0. The molecule has 0 unspecified atom stereocenters. The molecule has 2 N–H and O–H groups in total. The maximum atomic E-state index is 13.5. The molecule has 0 saturated heterocycles. The van der Waals surface area contributed by atoms with E-state index in [2.05, 4.69) is 0 Å². The normalized spacial score (nSPS) is 11.6. The van der Waals surface area contributed by atoms with Gasteiger partial charge < -0.3 is 5.73 Å². The molecule has 7 heteroatoms. The number of nitrogen functional groups attached to an aromatic ring is 1. The number of hydrogen-bond acceptors (Lipinski definition) is 3. The first-order chi connectivity index (χ1) is 9.29. The number of anilines is 1. The SMILES string of the molecule is Nc1ccc(CS(=O)(=O)c2cc(F)ccc2F)c(Cl)c1. The van der Waals surface area contributed by atoms with Gasteiger partial charge in [-0.05, 0) is 35.9 Å². The third-order valence-electron chi connectivity index (χ3n) is 2.65. The summed E-state index contributed by atoms with van der Waals surface area (Å²) in [5.74, 6) is -2.36. The highest BCUT2D eigenvalue weighted by Crippen LogP contribution is 2.25. The lowest BCUT2D eigenvalue weighted by Crippen LogP contribution is -2.08. The van der Waals surface area contributed by atoms with Crippen LogP contribution in [0.1, 0.15) is 5.56 Å². The van der Waals surface area contributed by atoms with E-state index in [0.29, 0.717) is 11.8 Å². The first-order valence-electron chi connectivity index (χ1n) is 5.51. The standard InChI is InChI=1S/C13H10ClF2NO2S/c14-11-6-10(17)3-1-8(11)7-20(18,19)13-5-9(15)2-4-12(13)16/h1-6H,7,17H2. The lowest BCUT2D eigenvalue weighted by atomic mass is 10.2. The third kappa shape index (κ3) is 3.08. The minimum Gasteiger partial charge on any atom is -0.399 e. The second-order valence-electron chi connectivity index (χ2n) is 4.18. The minimum atomic E-state index is -4.04. The molecule has 0 heterocycles. The molecule has 2 aromatic rings. The Hall–Kier alpha value is -1.66. The number of nitrogens with two attached hydrogens (primary N) is 1. The Kier molecular flexibility index (Phi) is 3.96. The monoisotopic (exact) mass is 317 g/mol. The van der Waals surface area contributed by atoms with E-state index in [9.17, 15) is 17.2 Å². The molecule has 0 spiro atoms. The molecule has 20 heavy (non-hydrogen) atoms. The number of benzene rings is 2. The van der Waals surface area contributed by atoms with Gasteiger partial charge in [0.1, 0.15) is 16.5 Å². The Morgan fingerprint density at radius 3 is 2.45 bits per heavy atom. The first-order valence-corrected chi connectivity index (χ1v) is 7.54. The van der Waals surface area contributed by atoms with Gasteiger partial charge in [0.05, 0.1) is 5.75 Å². The predicted octanol–water partition coefficient (Wildman–Crippen LogP) is 3.17. The molecule has 0 aromatic heterocycles. The minimum absolute atomic E-state index is 0.158. The van der Waals surface area contributed by atoms with Gasteiger partial charge in [-0.3, -0.25) is 0 Å². The van der Waals surface area contributed by atoms with Crippen LogP contribution in [-0.2, 0) is 15.6 Å². The molecular weight excluding hydrogens is 308 g/mol. The van der Waals surface area contributed by atoms with E-state index in [1.807, 2.05) is 0 Å². The fourth-order valence-electron chi connectivity index (χ4n) is 1.68. The number of rotatable bonds is 3. The highest BCUT2D eigenvalue weighted by Gasteiger charge is 2.21. The zero-order chi connectivity index (χ0) is 14.9. The van der Waals surface area contributed by atoms with Crippen LogP contribution in [0.2, 0.25) is 5.02 Å². The second-order valence-corrected chi connectivity index (χ2v) is 6.55. The van der Waals surface area contributed by atoms with Crippen LogP contribution in [0.4, 0.5) is 14.5 Å². The molecule has 3 nitrogen and oxygen atoms in total. The largest absolute Gasteiger partial charge is 0.399 e. The highest BCUT2D eigenvalue weighted by atomic mass is 35.5. The first kappa shape index (κ1) is 14.7. The van der Waals surface area contributed by atoms with Gasteiger partial charge in [-0.2, -0.15) is 0 Å². The van der Waals surface area contributed by atoms with Crippen LogP contribution in [0, 0.1) is 11.6 Å². The molecule has 2 rings (SSSR count). The van der Waals surface area contributed by atoms with Crippen LogP contribution in [-0.4, -0.2) is 8.42 Å². The van der Waals surface area contributed by atoms with Crippen molar-refractivity contribution in [3.05, 3.63) is 58.6 Å². The summed E-state index contributed by atoms with van der Waals surface area (Å²) in [7, 11) is -4.04. The molecule has 0 aliphatic rings. The van der Waals surface area contributed by atoms with Crippen molar-refractivity contribution in [1.29, 1.82) is 0 Å². The van der Waals surface area contributed by atoms with Gasteiger partial charge in [-0.1, -0.05) is 17.7 Å². The molecule has 0 fully saturated rings. The van der Waals surface area contributed by atoms with Gasteiger partial charge in [-0.25, -0.2) is 17.2 Å². The maximum absolute atomic E-state index is 13.5. The van der Waals surface area contributed by atoms with Crippen LogP contribution in [0.3, 0.4) is 0 Å². The summed E-state index contributed by atoms with van der Waals surface area (Å²) in [6, 6.07) is 6.59. The van der Waals surface area contributed by atoms with Gasteiger partial charge in [0.25, 0.3) is 0 Å². The van der Waals surface area contributed by atoms with E-state index < -0.39 is 32.1 Å². The van der Waals surface area contributed by atoms with Gasteiger partial charge in [0, 0.05) is 10.7 Å². The number of hydrogen-bond donors (Lipinski definition) is 1.